The maximum Gasteiger partial charge on any atom is 0.323 e. The van der Waals surface area contributed by atoms with Gasteiger partial charge in [0.05, 0.1) is 11.4 Å². The molecule has 0 amide bonds. The average molecular weight is 329 g/mol. The van der Waals surface area contributed by atoms with Crippen LogP contribution in [0.4, 0.5) is 0 Å². The van der Waals surface area contributed by atoms with E-state index in [0.717, 1.165) is 35.4 Å². The fourth-order valence-corrected chi connectivity index (χ4v) is 3.71. The molecular weight excluding hydrogens is 310 g/mol. The Labute approximate surface area is 146 Å². The summed E-state index contributed by atoms with van der Waals surface area (Å²) in [6, 6.07) is 20.2. The second kappa shape index (κ2) is 6.44. The molecule has 0 atom stereocenters. The first-order chi connectivity index (χ1) is 12.3. The van der Waals surface area contributed by atoms with Crippen molar-refractivity contribution in [2.45, 2.75) is 19.4 Å². The van der Waals surface area contributed by atoms with Crippen LogP contribution in [0.1, 0.15) is 11.1 Å². The Morgan fingerprint density at radius 1 is 0.800 bits per heavy atom. The molecule has 3 aromatic rings. The SMILES string of the molecule is O=C(O)Cn1c(-c2ccccc2)c2c(c1-c1ccccc1)CC=CC2. The number of hydrogen-bond donors (Lipinski definition) is 1. The van der Waals surface area contributed by atoms with E-state index in [1.165, 1.54) is 11.1 Å². The molecule has 0 spiro atoms. The number of hydrogen-bond acceptors (Lipinski definition) is 1. The lowest BCUT2D eigenvalue weighted by atomic mass is 9.93. The van der Waals surface area contributed by atoms with Gasteiger partial charge in [-0.05, 0) is 35.1 Å². The van der Waals surface area contributed by atoms with E-state index < -0.39 is 5.97 Å². The van der Waals surface area contributed by atoms with Crippen LogP contribution in [-0.4, -0.2) is 15.6 Å². The molecule has 4 rings (SSSR count). The van der Waals surface area contributed by atoms with Gasteiger partial charge in [-0.2, -0.15) is 0 Å². The highest BCUT2D eigenvalue weighted by atomic mass is 16.4. The molecule has 124 valence electrons. The summed E-state index contributed by atoms with van der Waals surface area (Å²) in [6.07, 6.45) is 6.03. The first-order valence-electron chi connectivity index (χ1n) is 8.47. The quantitative estimate of drug-likeness (QED) is 0.713. The molecule has 0 bridgehead atoms. The van der Waals surface area contributed by atoms with E-state index in [1.807, 2.05) is 41.0 Å². The molecule has 0 radical (unpaired) electrons. The largest absolute Gasteiger partial charge is 0.480 e. The van der Waals surface area contributed by atoms with Crippen molar-refractivity contribution in [3.8, 4) is 22.5 Å². The summed E-state index contributed by atoms with van der Waals surface area (Å²) in [5.74, 6) is -0.824. The molecule has 3 heteroatoms. The van der Waals surface area contributed by atoms with Gasteiger partial charge in [0.15, 0.2) is 0 Å². The van der Waals surface area contributed by atoms with Gasteiger partial charge in [0.1, 0.15) is 6.54 Å². The first kappa shape index (κ1) is 15.5. The third kappa shape index (κ3) is 2.78. The van der Waals surface area contributed by atoms with Crippen molar-refractivity contribution in [1.29, 1.82) is 0 Å². The molecule has 3 nitrogen and oxygen atoms in total. The lowest BCUT2D eigenvalue weighted by Crippen LogP contribution is -2.11. The number of allylic oxidation sites excluding steroid dienone is 2. The average Bonchev–Trinajstić information content (AvgIpc) is 2.96. The monoisotopic (exact) mass is 329 g/mol. The van der Waals surface area contributed by atoms with Gasteiger partial charge in [-0.3, -0.25) is 4.79 Å². The molecule has 1 heterocycles. The van der Waals surface area contributed by atoms with Gasteiger partial charge in [0.2, 0.25) is 0 Å². The van der Waals surface area contributed by atoms with Crippen molar-refractivity contribution in [2.75, 3.05) is 0 Å². The van der Waals surface area contributed by atoms with E-state index in [2.05, 4.69) is 36.4 Å². The van der Waals surface area contributed by atoms with E-state index in [9.17, 15) is 9.90 Å². The molecule has 0 aliphatic heterocycles. The number of benzene rings is 2. The lowest BCUT2D eigenvalue weighted by molar-refractivity contribution is -0.137. The van der Waals surface area contributed by atoms with Gasteiger partial charge in [-0.1, -0.05) is 72.8 Å². The van der Waals surface area contributed by atoms with Gasteiger partial charge >= 0.3 is 5.97 Å². The molecule has 1 aromatic heterocycles. The van der Waals surface area contributed by atoms with Crippen LogP contribution in [0, 0.1) is 0 Å². The highest BCUT2D eigenvalue weighted by Gasteiger charge is 2.25. The van der Waals surface area contributed by atoms with Gasteiger partial charge in [0, 0.05) is 0 Å². The zero-order chi connectivity index (χ0) is 17.2. The zero-order valence-corrected chi connectivity index (χ0v) is 13.9. The summed E-state index contributed by atoms with van der Waals surface area (Å²) >= 11 is 0. The Kier molecular flexibility index (Phi) is 3.98. The van der Waals surface area contributed by atoms with Crippen LogP contribution in [0.5, 0.6) is 0 Å². The van der Waals surface area contributed by atoms with Crippen LogP contribution < -0.4 is 0 Å². The third-order valence-corrected chi connectivity index (χ3v) is 4.67. The Bertz CT molecular complexity index is 868. The number of rotatable bonds is 4. The van der Waals surface area contributed by atoms with E-state index in [0.29, 0.717) is 0 Å². The van der Waals surface area contributed by atoms with Crippen molar-refractivity contribution in [1.82, 2.24) is 4.57 Å². The number of aliphatic carboxylic acids is 1. The summed E-state index contributed by atoms with van der Waals surface area (Å²) in [5.41, 5.74) is 6.68. The zero-order valence-electron chi connectivity index (χ0n) is 13.9. The van der Waals surface area contributed by atoms with E-state index in [1.54, 1.807) is 0 Å². The van der Waals surface area contributed by atoms with Crippen LogP contribution in [-0.2, 0) is 24.2 Å². The molecule has 1 aliphatic carbocycles. The molecule has 0 fully saturated rings. The topological polar surface area (TPSA) is 42.2 Å². The van der Waals surface area contributed by atoms with Crippen LogP contribution in [0.2, 0.25) is 0 Å². The number of nitrogens with zero attached hydrogens (tertiary/aromatic N) is 1. The standard InChI is InChI=1S/C22H19NO2/c24-20(25)15-23-21(16-9-3-1-4-10-16)18-13-7-8-14-19(18)22(23)17-11-5-2-6-12-17/h1-12H,13-15H2,(H,24,25). The Morgan fingerprint density at radius 3 is 1.64 bits per heavy atom. The third-order valence-electron chi connectivity index (χ3n) is 4.67. The van der Waals surface area contributed by atoms with Crippen LogP contribution in [0.3, 0.4) is 0 Å². The smallest absolute Gasteiger partial charge is 0.323 e. The van der Waals surface area contributed by atoms with Gasteiger partial charge in [-0.15, -0.1) is 0 Å². The normalized spacial score (nSPS) is 12.8. The molecular formula is C22H19NO2. The molecule has 0 unspecified atom stereocenters. The number of aromatic nitrogens is 1. The molecule has 0 saturated heterocycles. The minimum Gasteiger partial charge on any atom is -0.480 e. The minimum atomic E-state index is -0.824. The summed E-state index contributed by atoms with van der Waals surface area (Å²) in [4.78, 5) is 11.6. The summed E-state index contributed by atoms with van der Waals surface area (Å²) in [7, 11) is 0. The summed E-state index contributed by atoms with van der Waals surface area (Å²) < 4.78 is 1.98. The number of carboxylic acids is 1. The Hall–Kier alpha value is -3.07. The fraction of sp³-hybridized carbons (Fsp3) is 0.136. The number of carbonyl (C=O) groups is 1. The van der Waals surface area contributed by atoms with Crippen molar-refractivity contribution < 1.29 is 9.90 Å². The molecule has 25 heavy (non-hydrogen) atoms. The van der Waals surface area contributed by atoms with Crippen molar-refractivity contribution in [2.24, 2.45) is 0 Å². The highest BCUT2D eigenvalue weighted by molar-refractivity contribution is 5.80. The Morgan fingerprint density at radius 2 is 1.24 bits per heavy atom. The molecule has 1 aliphatic rings. The maximum absolute atomic E-state index is 11.6. The predicted molar refractivity (Wildman–Crippen MR) is 99.5 cm³/mol. The number of fused-ring (bicyclic) bond motifs is 1. The van der Waals surface area contributed by atoms with Crippen LogP contribution in [0.15, 0.2) is 72.8 Å². The summed E-state index contributed by atoms with van der Waals surface area (Å²) in [5, 5.41) is 9.53. The van der Waals surface area contributed by atoms with E-state index in [-0.39, 0.29) is 6.54 Å². The first-order valence-corrected chi connectivity index (χ1v) is 8.47. The lowest BCUT2D eigenvalue weighted by Gasteiger charge is -2.13. The predicted octanol–water partition coefficient (Wildman–Crippen LogP) is 4.56. The second-order valence-electron chi connectivity index (χ2n) is 6.25. The van der Waals surface area contributed by atoms with Crippen LogP contribution in [0.25, 0.3) is 22.5 Å². The molecule has 2 aromatic carbocycles. The highest BCUT2D eigenvalue weighted by Crippen LogP contribution is 2.39. The van der Waals surface area contributed by atoms with Crippen molar-refractivity contribution in [3.05, 3.63) is 83.9 Å². The van der Waals surface area contributed by atoms with Crippen molar-refractivity contribution >= 4 is 5.97 Å². The maximum atomic E-state index is 11.6. The van der Waals surface area contributed by atoms with Crippen LogP contribution >= 0.6 is 0 Å². The van der Waals surface area contributed by atoms with Crippen molar-refractivity contribution in [3.63, 3.8) is 0 Å². The van der Waals surface area contributed by atoms with E-state index >= 15 is 0 Å². The summed E-state index contributed by atoms with van der Waals surface area (Å²) in [6.45, 7) is -0.0402. The van der Waals surface area contributed by atoms with E-state index in [4.69, 9.17) is 0 Å². The Balaban J connectivity index is 2.04. The number of carboxylic acid groups (broad SMARTS) is 1. The molecule has 1 N–H and O–H groups in total. The molecule has 0 saturated carbocycles. The van der Waals surface area contributed by atoms with Gasteiger partial charge in [0.25, 0.3) is 0 Å². The second-order valence-corrected chi connectivity index (χ2v) is 6.25. The van der Waals surface area contributed by atoms with Gasteiger partial charge < -0.3 is 9.67 Å². The van der Waals surface area contributed by atoms with Gasteiger partial charge in [-0.25, -0.2) is 0 Å². The minimum absolute atomic E-state index is 0.0402. The fourth-order valence-electron chi connectivity index (χ4n) is 3.71.